The molecule has 0 aliphatic heterocycles. The van der Waals surface area contributed by atoms with E-state index in [1.54, 1.807) is 49.6 Å². The van der Waals surface area contributed by atoms with Crippen LogP contribution in [0.2, 0.25) is 5.02 Å². The Morgan fingerprint density at radius 1 is 1.17 bits per heavy atom. The highest BCUT2D eigenvalue weighted by Gasteiger charge is 2.21. The van der Waals surface area contributed by atoms with Gasteiger partial charge in [-0.2, -0.15) is 5.26 Å². The number of carbonyl (C=O) groups is 2. The summed E-state index contributed by atoms with van der Waals surface area (Å²) in [4.78, 5) is 26.3. The SMILES string of the molecule is COc1ccc(OC(C)C(=O)OCC(=O)N(CCC#N)c2ccc(Cl)c(C)c2)cc1. The van der Waals surface area contributed by atoms with E-state index in [0.29, 0.717) is 22.2 Å². The first-order valence-electron chi connectivity index (χ1n) is 9.26. The summed E-state index contributed by atoms with van der Waals surface area (Å²) in [5, 5.41) is 9.46. The van der Waals surface area contributed by atoms with E-state index in [-0.39, 0.29) is 13.0 Å². The number of nitriles is 1. The van der Waals surface area contributed by atoms with Crippen molar-refractivity contribution in [1.29, 1.82) is 5.26 Å². The second-order valence-corrected chi connectivity index (χ2v) is 6.84. The summed E-state index contributed by atoms with van der Waals surface area (Å²) in [6.07, 6.45) is -0.769. The van der Waals surface area contributed by atoms with Gasteiger partial charge in [0.05, 0.1) is 19.6 Å². The van der Waals surface area contributed by atoms with E-state index in [0.717, 1.165) is 5.56 Å². The van der Waals surface area contributed by atoms with Crippen LogP contribution in [-0.2, 0) is 14.3 Å². The van der Waals surface area contributed by atoms with E-state index < -0.39 is 24.6 Å². The van der Waals surface area contributed by atoms with Crippen LogP contribution in [-0.4, -0.2) is 38.2 Å². The summed E-state index contributed by atoms with van der Waals surface area (Å²) in [6.45, 7) is 3.05. The van der Waals surface area contributed by atoms with Crippen LogP contribution in [0.5, 0.6) is 11.5 Å². The second-order valence-electron chi connectivity index (χ2n) is 6.43. The molecule has 1 atom stereocenters. The number of anilines is 1. The molecule has 0 bridgehead atoms. The quantitative estimate of drug-likeness (QED) is 0.560. The molecule has 2 rings (SSSR count). The van der Waals surface area contributed by atoms with Gasteiger partial charge >= 0.3 is 5.97 Å². The summed E-state index contributed by atoms with van der Waals surface area (Å²) in [7, 11) is 1.55. The van der Waals surface area contributed by atoms with Gasteiger partial charge in [0.2, 0.25) is 0 Å². The van der Waals surface area contributed by atoms with Crippen LogP contribution in [0.25, 0.3) is 0 Å². The Morgan fingerprint density at radius 3 is 2.43 bits per heavy atom. The number of ether oxygens (including phenoxy) is 3. The van der Waals surface area contributed by atoms with Crippen LogP contribution >= 0.6 is 11.6 Å². The van der Waals surface area contributed by atoms with Gasteiger partial charge in [0, 0.05) is 17.3 Å². The van der Waals surface area contributed by atoms with Gasteiger partial charge < -0.3 is 19.1 Å². The van der Waals surface area contributed by atoms with Crippen molar-refractivity contribution in [3.8, 4) is 17.6 Å². The van der Waals surface area contributed by atoms with E-state index >= 15 is 0 Å². The Bertz CT molecular complexity index is 924. The molecule has 2 aromatic rings. The number of hydrogen-bond acceptors (Lipinski definition) is 6. The summed E-state index contributed by atoms with van der Waals surface area (Å²) in [5.41, 5.74) is 1.37. The first-order valence-corrected chi connectivity index (χ1v) is 9.64. The van der Waals surface area contributed by atoms with Crippen molar-refractivity contribution in [1.82, 2.24) is 0 Å². The molecule has 1 amide bonds. The van der Waals surface area contributed by atoms with E-state index in [2.05, 4.69) is 0 Å². The molecule has 0 aromatic heterocycles. The van der Waals surface area contributed by atoms with Crippen LogP contribution in [0.1, 0.15) is 18.9 Å². The van der Waals surface area contributed by atoms with Crippen molar-refractivity contribution in [2.75, 3.05) is 25.2 Å². The van der Waals surface area contributed by atoms with Gasteiger partial charge in [-0.25, -0.2) is 4.79 Å². The topological polar surface area (TPSA) is 88.9 Å². The second kappa shape index (κ2) is 11.1. The van der Waals surface area contributed by atoms with Gasteiger partial charge in [-0.05, 0) is 61.9 Å². The third-order valence-electron chi connectivity index (χ3n) is 4.24. The molecule has 7 nitrogen and oxygen atoms in total. The molecule has 0 N–H and O–H groups in total. The molecule has 1 unspecified atom stereocenters. The van der Waals surface area contributed by atoms with Crippen LogP contribution in [0, 0.1) is 18.3 Å². The van der Waals surface area contributed by atoms with E-state index in [4.69, 9.17) is 31.1 Å². The van der Waals surface area contributed by atoms with Gasteiger partial charge in [-0.15, -0.1) is 0 Å². The molecule has 158 valence electrons. The molecule has 0 aliphatic rings. The lowest BCUT2D eigenvalue weighted by Crippen LogP contribution is -2.37. The summed E-state index contributed by atoms with van der Waals surface area (Å²) >= 11 is 6.04. The molecular weight excluding hydrogens is 408 g/mol. The molecule has 0 radical (unpaired) electrons. The lowest BCUT2D eigenvalue weighted by molar-refractivity contribution is -0.154. The number of esters is 1. The molecule has 0 saturated heterocycles. The number of carbonyl (C=O) groups excluding carboxylic acids is 2. The molecule has 0 fully saturated rings. The fourth-order valence-corrected chi connectivity index (χ4v) is 2.71. The predicted octanol–water partition coefficient (Wildman–Crippen LogP) is 3.91. The van der Waals surface area contributed by atoms with E-state index in [1.165, 1.54) is 11.8 Å². The number of amides is 1. The third-order valence-corrected chi connectivity index (χ3v) is 4.67. The maximum absolute atomic E-state index is 12.7. The van der Waals surface area contributed by atoms with Crippen molar-refractivity contribution >= 4 is 29.2 Å². The molecule has 0 spiro atoms. The third kappa shape index (κ3) is 6.39. The van der Waals surface area contributed by atoms with Crippen LogP contribution in [0.4, 0.5) is 5.69 Å². The van der Waals surface area contributed by atoms with Crippen molar-refractivity contribution < 1.29 is 23.8 Å². The Hall–Kier alpha value is -3.24. The maximum Gasteiger partial charge on any atom is 0.347 e. The minimum atomic E-state index is -0.906. The van der Waals surface area contributed by atoms with Crippen LogP contribution in [0.15, 0.2) is 42.5 Å². The summed E-state index contributed by atoms with van der Waals surface area (Å²) in [6, 6.07) is 13.9. The van der Waals surface area contributed by atoms with Gasteiger partial charge in [0.15, 0.2) is 12.7 Å². The molecular formula is C22H23ClN2O5. The first kappa shape index (κ1) is 23.0. The Morgan fingerprint density at radius 2 is 1.83 bits per heavy atom. The van der Waals surface area contributed by atoms with E-state index in [1.807, 2.05) is 13.0 Å². The average molecular weight is 431 g/mol. The minimum Gasteiger partial charge on any atom is -0.497 e. The van der Waals surface area contributed by atoms with Gasteiger partial charge in [0.1, 0.15) is 11.5 Å². The monoisotopic (exact) mass is 430 g/mol. The average Bonchev–Trinajstić information content (AvgIpc) is 2.75. The van der Waals surface area contributed by atoms with Gasteiger partial charge in [0.25, 0.3) is 5.91 Å². The Labute approximate surface area is 180 Å². The van der Waals surface area contributed by atoms with Crippen molar-refractivity contribution in [2.24, 2.45) is 0 Å². The molecule has 8 heteroatoms. The number of aryl methyl sites for hydroxylation is 1. The summed E-state index contributed by atoms with van der Waals surface area (Å²) < 4.78 is 15.7. The van der Waals surface area contributed by atoms with Crippen molar-refractivity contribution in [3.63, 3.8) is 0 Å². The zero-order valence-corrected chi connectivity index (χ0v) is 17.8. The lowest BCUT2D eigenvalue weighted by atomic mass is 10.2. The number of halogens is 1. The fraction of sp³-hybridized carbons (Fsp3) is 0.318. The maximum atomic E-state index is 12.7. The zero-order chi connectivity index (χ0) is 22.1. The number of methoxy groups -OCH3 is 1. The number of hydrogen-bond donors (Lipinski definition) is 0. The Balaban J connectivity index is 1.97. The number of benzene rings is 2. The van der Waals surface area contributed by atoms with Crippen LogP contribution in [0.3, 0.4) is 0 Å². The molecule has 0 heterocycles. The van der Waals surface area contributed by atoms with Gasteiger partial charge in [-0.1, -0.05) is 11.6 Å². The standard InChI is InChI=1S/C22H23ClN2O5/c1-15-13-17(5-10-20(15)23)25(12-4-11-24)21(26)14-29-22(27)16(2)30-19-8-6-18(28-3)7-9-19/h5-10,13,16H,4,12,14H2,1-3H3. The number of rotatable bonds is 9. The largest absolute Gasteiger partial charge is 0.497 e. The normalized spacial score (nSPS) is 11.2. The summed E-state index contributed by atoms with van der Waals surface area (Å²) in [5.74, 6) is 0.0144. The smallest absolute Gasteiger partial charge is 0.347 e. The van der Waals surface area contributed by atoms with Crippen molar-refractivity contribution in [3.05, 3.63) is 53.1 Å². The highest BCUT2D eigenvalue weighted by Crippen LogP contribution is 2.23. The highest BCUT2D eigenvalue weighted by atomic mass is 35.5. The lowest BCUT2D eigenvalue weighted by Gasteiger charge is -2.23. The first-order chi connectivity index (χ1) is 14.3. The number of nitrogens with zero attached hydrogens (tertiary/aromatic N) is 2. The van der Waals surface area contributed by atoms with E-state index in [9.17, 15) is 9.59 Å². The highest BCUT2D eigenvalue weighted by molar-refractivity contribution is 6.31. The van der Waals surface area contributed by atoms with Crippen LogP contribution < -0.4 is 14.4 Å². The zero-order valence-electron chi connectivity index (χ0n) is 17.1. The minimum absolute atomic E-state index is 0.137. The fourth-order valence-electron chi connectivity index (χ4n) is 2.59. The van der Waals surface area contributed by atoms with Crippen molar-refractivity contribution in [2.45, 2.75) is 26.4 Å². The molecule has 2 aromatic carbocycles. The molecule has 0 saturated carbocycles. The Kier molecular flexibility index (Phi) is 8.51. The predicted molar refractivity (Wildman–Crippen MR) is 113 cm³/mol. The molecule has 0 aliphatic carbocycles. The van der Waals surface area contributed by atoms with Gasteiger partial charge in [-0.3, -0.25) is 4.79 Å². The molecule has 30 heavy (non-hydrogen) atoms.